The molecule has 1 aromatic heterocycles. The number of rotatable bonds is 5. The number of benzene rings is 1. The fourth-order valence-corrected chi connectivity index (χ4v) is 5.62. The average Bonchev–Trinajstić information content (AvgIpc) is 3.46. The molecule has 0 unspecified atom stereocenters. The molecular formula is C28H38ClNO2. The van der Waals surface area contributed by atoms with E-state index < -0.39 is 0 Å². The fourth-order valence-electron chi connectivity index (χ4n) is 5.20. The van der Waals surface area contributed by atoms with Gasteiger partial charge in [0, 0.05) is 17.8 Å². The zero-order valence-corrected chi connectivity index (χ0v) is 21.4. The van der Waals surface area contributed by atoms with Gasteiger partial charge in [-0.2, -0.15) is 0 Å². The van der Waals surface area contributed by atoms with Crippen LogP contribution < -0.4 is 0 Å². The lowest BCUT2D eigenvalue weighted by Crippen LogP contribution is -2.17. The summed E-state index contributed by atoms with van der Waals surface area (Å²) in [6.45, 7) is 12.1. The van der Waals surface area contributed by atoms with E-state index in [-0.39, 0.29) is 16.8 Å². The molecule has 2 saturated carbocycles. The van der Waals surface area contributed by atoms with Crippen LogP contribution in [0.4, 0.5) is 0 Å². The number of methoxy groups -OCH3 is 1. The van der Waals surface area contributed by atoms with E-state index in [0.29, 0.717) is 16.5 Å². The monoisotopic (exact) mass is 455 g/mol. The van der Waals surface area contributed by atoms with Crippen LogP contribution in [-0.4, -0.2) is 17.6 Å². The van der Waals surface area contributed by atoms with Crippen LogP contribution >= 0.6 is 11.6 Å². The maximum atomic E-state index is 12.7. The number of hydrogen-bond acceptors (Lipinski definition) is 2. The summed E-state index contributed by atoms with van der Waals surface area (Å²) in [6, 6.07) is 6.99. The van der Waals surface area contributed by atoms with Crippen molar-refractivity contribution in [1.82, 2.24) is 4.57 Å². The molecule has 3 nitrogen and oxygen atoms in total. The minimum atomic E-state index is -0.350. The summed E-state index contributed by atoms with van der Waals surface area (Å²) in [5.41, 5.74) is 6.53. The van der Waals surface area contributed by atoms with Crippen LogP contribution in [0, 0.1) is 12.8 Å². The second kappa shape index (κ2) is 8.56. The summed E-state index contributed by atoms with van der Waals surface area (Å²) in [5, 5.41) is 0.531. The molecule has 2 aliphatic carbocycles. The van der Waals surface area contributed by atoms with Crippen molar-refractivity contribution in [3.8, 4) is 11.3 Å². The average molecular weight is 456 g/mol. The van der Waals surface area contributed by atoms with Gasteiger partial charge in [0.2, 0.25) is 0 Å². The van der Waals surface area contributed by atoms with Gasteiger partial charge in [0.25, 0.3) is 0 Å². The molecule has 0 saturated heterocycles. The molecule has 174 valence electrons. The van der Waals surface area contributed by atoms with Gasteiger partial charge in [-0.1, -0.05) is 64.6 Å². The highest BCUT2D eigenvalue weighted by Gasteiger charge is 2.40. The van der Waals surface area contributed by atoms with Crippen LogP contribution in [0.25, 0.3) is 11.3 Å². The number of ether oxygens (including phenoxy) is 1. The standard InChI is InChI=1S/C28H38ClNO2/c1-18-23(26(31)32-6)24(29)25(30(18)17-19-10-8-7-9-11-19)20-14-21(27(2,3)4)16-22(15-20)28(5)12-13-28/h14-16,19H,7-13,17H2,1-6H3. The van der Waals surface area contributed by atoms with E-state index in [1.54, 1.807) is 0 Å². The van der Waals surface area contributed by atoms with Crippen molar-refractivity contribution in [2.45, 2.75) is 96.9 Å². The number of hydrogen-bond donors (Lipinski definition) is 0. The molecule has 4 rings (SSSR count). The maximum Gasteiger partial charge on any atom is 0.341 e. The highest BCUT2D eigenvalue weighted by atomic mass is 35.5. The highest BCUT2D eigenvalue weighted by molar-refractivity contribution is 6.36. The highest BCUT2D eigenvalue weighted by Crippen LogP contribution is 2.50. The third-order valence-electron chi connectivity index (χ3n) is 7.79. The van der Waals surface area contributed by atoms with E-state index >= 15 is 0 Å². The van der Waals surface area contributed by atoms with Crippen LogP contribution in [-0.2, 0) is 22.1 Å². The molecule has 0 atom stereocenters. The summed E-state index contributed by atoms with van der Waals surface area (Å²) >= 11 is 6.99. The predicted octanol–water partition coefficient (Wildman–Crippen LogP) is 7.83. The third-order valence-corrected chi connectivity index (χ3v) is 8.16. The minimum Gasteiger partial charge on any atom is -0.465 e. The molecule has 0 aliphatic heterocycles. The second-order valence-corrected chi connectivity index (χ2v) is 11.7. The van der Waals surface area contributed by atoms with Gasteiger partial charge in [0.05, 0.1) is 23.4 Å². The van der Waals surface area contributed by atoms with E-state index in [2.05, 4.69) is 50.5 Å². The molecule has 2 aromatic rings. The first-order valence-corrected chi connectivity index (χ1v) is 12.6. The van der Waals surface area contributed by atoms with E-state index in [0.717, 1.165) is 23.5 Å². The van der Waals surface area contributed by atoms with Gasteiger partial charge in [0.1, 0.15) is 0 Å². The van der Waals surface area contributed by atoms with E-state index in [9.17, 15) is 4.79 Å². The number of carbonyl (C=O) groups excluding carboxylic acids is 1. The van der Waals surface area contributed by atoms with Gasteiger partial charge in [-0.15, -0.1) is 0 Å². The molecule has 2 aliphatic rings. The molecule has 4 heteroatoms. The summed E-state index contributed by atoms with van der Waals surface area (Å²) in [6.07, 6.45) is 8.85. The number of halogens is 1. The molecule has 0 bridgehead atoms. The van der Waals surface area contributed by atoms with Crippen molar-refractivity contribution in [2.24, 2.45) is 5.92 Å². The van der Waals surface area contributed by atoms with Crippen molar-refractivity contribution in [1.29, 1.82) is 0 Å². The Morgan fingerprint density at radius 2 is 1.81 bits per heavy atom. The fraction of sp³-hybridized carbons (Fsp3) is 0.607. The molecule has 32 heavy (non-hydrogen) atoms. The Balaban J connectivity index is 1.91. The second-order valence-electron chi connectivity index (χ2n) is 11.3. The summed E-state index contributed by atoms with van der Waals surface area (Å²) in [7, 11) is 1.43. The first-order chi connectivity index (χ1) is 15.0. The van der Waals surface area contributed by atoms with E-state index in [1.807, 2.05) is 6.92 Å². The summed E-state index contributed by atoms with van der Waals surface area (Å²) in [4.78, 5) is 12.7. The Kier molecular flexibility index (Phi) is 6.26. The van der Waals surface area contributed by atoms with Crippen LogP contribution in [0.2, 0.25) is 5.02 Å². The van der Waals surface area contributed by atoms with Crippen LogP contribution in [0.5, 0.6) is 0 Å². The molecule has 0 spiro atoms. The van der Waals surface area contributed by atoms with Crippen LogP contribution in [0.1, 0.15) is 99.8 Å². The normalized spacial score (nSPS) is 18.6. The smallest absolute Gasteiger partial charge is 0.341 e. The Bertz CT molecular complexity index is 994. The lowest BCUT2D eigenvalue weighted by Gasteiger charge is -2.26. The van der Waals surface area contributed by atoms with E-state index in [4.69, 9.17) is 16.3 Å². The van der Waals surface area contributed by atoms with Gasteiger partial charge < -0.3 is 9.30 Å². The van der Waals surface area contributed by atoms with Crippen molar-refractivity contribution >= 4 is 17.6 Å². The topological polar surface area (TPSA) is 31.2 Å². The minimum absolute atomic E-state index is 0.0313. The van der Waals surface area contributed by atoms with Gasteiger partial charge in [-0.3, -0.25) is 0 Å². The quantitative estimate of drug-likeness (QED) is 0.430. The van der Waals surface area contributed by atoms with Gasteiger partial charge in [-0.05, 0) is 72.6 Å². The SMILES string of the molecule is COC(=O)c1c(Cl)c(-c2cc(C(C)(C)C)cc(C3(C)CC3)c2)n(CC2CCCCC2)c1C. The molecule has 2 fully saturated rings. The lowest BCUT2D eigenvalue weighted by molar-refractivity contribution is 0.0600. The lowest BCUT2D eigenvalue weighted by atomic mass is 9.82. The largest absolute Gasteiger partial charge is 0.465 e. The Morgan fingerprint density at radius 3 is 2.38 bits per heavy atom. The van der Waals surface area contributed by atoms with Crippen molar-refractivity contribution in [2.75, 3.05) is 7.11 Å². The maximum absolute atomic E-state index is 12.7. The molecule has 0 amide bonds. The molecule has 1 heterocycles. The summed E-state index contributed by atoms with van der Waals surface area (Å²) in [5.74, 6) is 0.277. The molecule has 0 radical (unpaired) electrons. The molecule has 0 N–H and O–H groups in total. The zero-order chi connectivity index (χ0) is 23.3. The van der Waals surface area contributed by atoms with Crippen molar-refractivity contribution in [3.63, 3.8) is 0 Å². The van der Waals surface area contributed by atoms with Crippen molar-refractivity contribution in [3.05, 3.63) is 45.6 Å². The predicted molar refractivity (Wildman–Crippen MR) is 133 cm³/mol. The first-order valence-electron chi connectivity index (χ1n) is 12.2. The van der Waals surface area contributed by atoms with Gasteiger partial charge >= 0.3 is 5.97 Å². The number of nitrogens with zero attached hydrogens (tertiary/aromatic N) is 1. The van der Waals surface area contributed by atoms with Crippen molar-refractivity contribution < 1.29 is 9.53 Å². The number of carbonyl (C=O) groups is 1. The van der Waals surface area contributed by atoms with Crippen LogP contribution in [0.3, 0.4) is 0 Å². The number of esters is 1. The first kappa shape index (κ1) is 23.4. The Hall–Kier alpha value is -1.74. The zero-order valence-electron chi connectivity index (χ0n) is 20.6. The van der Waals surface area contributed by atoms with Crippen LogP contribution in [0.15, 0.2) is 18.2 Å². The van der Waals surface area contributed by atoms with Gasteiger partial charge in [0.15, 0.2) is 0 Å². The number of aromatic nitrogens is 1. The molecule has 1 aromatic carbocycles. The van der Waals surface area contributed by atoms with Gasteiger partial charge in [-0.25, -0.2) is 4.79 Å². The Morgan fingerprint density at radius 1 is 1.16 bits per heavy atom. The summed E-state index contributed by atoms with van der Waals surface area (Å²) < 4.78 is 7.43. The third kappa shape index (κ3) is 4.38. The molecular weight excluding hydrogens is 418 g/mol. The Labute approximate surface area is 198 Å². The van der Waals surface area contributed by atoms with E-state index in [1.165, 1.54) is 63.2 Å².